The first-order valence-electron chi connectivity index (χ1n) is 18.3. The Hall–Kier alpha value is -6.89. The van der Waals surface area contributed by atoms with E-state index in [1.54, 1.807) is 0 Å². The van der Waals surface area contributed by atoms with Crippen molar-refractivity contribution < 1.29 is 0 Å². The second kappa shape index (κ2) is 12.4. The van der Waals surface area contributed by atoms with Crippen molar-refractivity contribution in [1.29, 1.82) is 5.26 Å². The van der Waals surface area contributed by atoms with Crippen LogP contribution in [0.1, 0.15) is 40.3 Å². The Balaban J connectivity index is 1.21. The number of hydrogen-bond acceptors (Lipinski definition) is 1. The summed E-state index contributed by atoms with van der Waals surface area (Å²) < 4.78 is 4.86. The van der Waals surface area contributed by atoms with Crippen LogP contribution in [0.15, 0.2) is 170 Å². The Morgan fingerprint density at radius 3 is 2.00 bits per heavy atom. The zero-order valence-electron chi connectivity index (χ0n) is 29.4. The van der Waals surface area contributed by atoms with E-state index in [0.29, 0.717) is 5.56 Å². The van der Waals surface area contributed by atoms with E-state index in [0.717, 1.165) is 17.8 Å². The first kappa shape index (κ1) is 30.9. The molecular weight excluding hydrogens is 643 g/mol. The summed E-state index contributed by atoms with van der Waals surface area (Å²) in [5, 5.41) is 13.3. The smallest absolute Gasteiger partial charge is 0.0991 e. The van der Waals surface area contributed by atoms with Gasteiger partial charge in [0.15, 0.2) is 0 Å². The Morgan fingerprint density at radius 1 is 0.547 bits per heavy atom. The average molecular weight is 678 g/mol. The number of fused-ring (bicyclic) bond motifs is 6. The lowest BCUT2D eigenvalue weighted by Crippen LogP contribution is -2.12. The van der Waals surface area contributed by atoms with E-state index in [-0.39, 0.29) is 5.92 Å². The molecule has 0 N–H and O–H groups in total. The molecule has 7 aromatic carbocycles. The Morgan fingerprint density at radius 2 is 1.19 bits per heavy atom. The van der Waals surface area contributed by atoms with Crippen LogP contribution in [0.4, 0.5) is 0 Å². The van der Waals surface area contributed by atoms with Gasteiger partial charge in [0, 0.05) is 50.3 Å². The lowest BCUT2D eigenvalue weighted by Gasteiger charge is -2.26. The summed E-state index contributed by atoms with van der Waals surface area (Å²) in [6, 6.07) is 61.2. The lowest BCUT2D eigenvalue weighted by atomic mass is 9.81. The minimum Gasteiger partial charge on any atom is -0.312 e. The molecule has 9 aromatic rings. The average Bonchev–Trinajstić information content (AvgIpc) is 3.74. The molecule has 2 aromatic heterocycles. The summed E-state index contributed by atoms with van der Waals surface area (Å²) in [7, 11) is 0. The van der Waals surface area contributed by atoms with Crippen LogP contribution in [0.3, 0.4) is 0 Å². The fraction of sp³-hybridized carbons (Fsp3) is 0.0600. The van der Waals surface area contributed by atoms with Gasteiger partial charge >= 0.3 is 0 Å². The fourth-order valence-corrected chi connectivity index (χ4v) is 8.72. The Kier molecular flexibility index (Phi) is 7.23. The molecule has 3 nitrogen and oxygen atoms in total. The number of rotatable bonds is 5. The number of nitriles is 1. The molecule has 0 fully saturated rings. The second-order valence-corrected chi connectivity index (χ2v) is 14.0. The molecule has 0 saturated carbocycles. The van der Waals surface area contributed by atoms with Crippen LogP contribution in [0.2, 0.25) is 0 Å². The number of nitrogens with zero attached hydrogens (tertiary/aromatic N) is 3. The molecule has 0 amide bonds. The van der Waals surface area contributed by atoms with E-state index in [9.17, 15) is 5.26 Å². The maximum atomic E-state index is 9.59. The number of hydrogen-bond donors (Lipinski definition) is 0. The van der Waals surface area contributed by atoms with Crippen molar-refractivity contribution in [2.75, 3.05) is 0 Å². The van der Waals surface area contributed by atoms with Crippen LogP contribution < -0.4 is 0 Å². The SMILES string of the molecule is Cc1ccc2c(c1)c1c(n2-c2ccc(C#N)cc2)C(c2ccccc2-c2ccccc2-c2cccc3c4ccccc4n(-c4ccccc4)c23)CC=C1. The highest BCUT2D eigenvalue weighted by Crippen LogP contribution is 2.47. The van der Waals surface area contributed by atoms with Crippen molar-refractivity contribution in [1.82, 2.24) is 9.13 Å². The summed E-state index contributed by atoms with van der Waals surface area (Å²) in [4.78, 5) is 0. The topological polar surface area (TPSA) is 33.6 Å². The molecule has 53 heavy (non-hydrogen) atoms. The van der Waals surface area contributed by atoms with Crippen molar-refractivity contribution in [3.05, 3.63) is 198 Å². The third-order valence-corrected chi connectivity index (χ3v) is 11.0. The van der Waals surface area contributed by atoms with Crippen molar-refractivity contribution in [3.8, 4) is 39.7 Å². The Bertz CT molecular complexity index is 2930. The van der Waals surface area contributed by atoms with Gasteiger partial charge in [-0.15, -0.1) is 0 Å². The van der Waals surface area contributed by atoms with Crippen LogP contribution in [0.5, 0.6) is 0 Å². The van der Waals surface area contributed by atoms with E-state index in [1.165, 1.54) is 77.3 Å². The summed E-state index contributed by atoms with van der Waals surface area (Å²) >= 11 is 0. The molecule has 1 unspecified atom stereocenters. The van der Waals surface area contributed by atoms with Crippen LogP contribution in [-0.2, 0) is 0 Å². The summed E-state index contributed by atoms with van der Waals surface area (Å²) in [6.45, 7) is 2.17. The molecule has 1 aliphatic rings. The van der Waals surface area contributed by atoms with Gasteiger partial charge in [0.25, 0.3) is 0 Å². The van der Waals surface area contributed by atoms with Gasteiger partial charge in [-0.3, -0.25) is 0 Å². The highest BCUT2D eigenvalue weighted by Gasteiger charge is 2.30. The summed E-state index contributed by atoms with van der Waals surface area (Å²) in [5.41, 5.74) is 16.4. The molecule has 0 bridgehead atoms. The molecule has 10 rings (SSSR count). The maximum absolute atomic E-state index is 9.59. The third kappa shape index (κ3) is 4.88. The minimum absolute atomic E-state index is 0.106. The van der Waals surface area contributed by atoms with Crippen LogP contribution in [0.25, 0.3) is 72.4 Å². The second-order valence-electron chi connectivity index (χ2n) is 14.0. The molecule has 0 aliphatic heterocycles. The summed E-state index contributed by atoms with van der Waals surface area (Å²) in [6.07, 6.45) is 5.54. The largest absolute Gasteiger partial charge is 0.312 e. The van der Waals surface area contributed by atoms with Crippen molar-refractivity contribution >= 4 is 38.8 Å². The lowest BCUT2D eigenvalue weighted by molar-refractivity contribution is 0.765. The standard InChI is InChI=1S/C50H35N3/c1-33-25-30-48-46(31-33)45-23-12-21-43(50(45)53(48)36-28-26-34(32-51)27-29-36)40-18-8-6-16-38(40)37-15-5-7-17-39(37)42-20-11-22-44-41-19-9-10-24-47(41)52(49(42)44)35-13-3-2-4-14-35/h2-20,22-31,43H,21H2,1H3. The Labute approximate surface area is 308 Å². The number of benzene rings is 7. The molecule has 1 atom stereocenters. The quantitative estimate of drug-likeness (QED) is 0.178. The van der Waals surface area contributed by atoms with Crippen LogP contribution in [-0.4, -0.2) is 9.13 Å². The van der Waals surface area contributed by atoms with Crippen molar-refractivity contribution in [2.45, 2.75) is 19.3 Å². The van der Waals surface area contributed by atoms with E-state index in [4.69, 9.17) is 0 Å². The van der Waals surface area contributed by atoms with Gasteiger partial charge in [0.1, 0.15) is 0 Å². The zero-order chi connectivity index (χ0) is 35.5. The van der Waals surface area contributed by atoms with Gasteiger partial charge in [0.05, 0.1) is 28.2 Å². The normalized spacial score (nSPS) is 13.8. The third-order valence-electron chi connectivity index (χ3n) is 11.0. The van der Waals surface area contributed by atoms with Gasteiger partial charge in [-0.1, -0.05) is 127 Å². The molecular formula is C50H35N3. The predicted octanol–water partition coefficient (Wildman–Crippen LogP) is 12.8. The van der Waals surface area contributed by atoms with Crippen LogP contribution in [0, 0.1) is 18.3 Å². The van der Waals surface area contributed by atoms with Gasteiger partial charge < -0.3 is 9.13 Å². The number of aromatic nitrogens is 2. The number of para-hydroxylation sites is 3. The molecule has 3 heteroatoms. The van der Waals surface area contributed by atoms with Crippen molar-refractivity contribution in [3.63, 3.8) is 0 Å². The molecule has 0 saturated heterocycles. The summed E-state index contributed by atoms with van der Waals surface area (Å²) in [5.74, 6) is 0.106. The van der Waals surface area contributed by atoms with Crippen LogP contribution >= 0.6 is 0 Å². The van der Waals surface area contributed by atoms with E-state index >= 15 is 0 Å². The van der Waals surface area contributed by atoms with E-state index < -0.39 is 0 Å². The van der Waals surface area contributed by atoms with Gasteiger partial charge in [0.2, 0.25) is 0 Å². The monoisotopic (exact) mass is 677 g/mol. The fourth-order valence-electron chi connectivity index (χ4n) is 8.72. The van der Waals surface area contributed by atoms with Crippen molar-refractivity contribution in [2.24, 2.45) is 0 Å². The maximum Gasteiger partial charge on any atom is 0.0991 e. The van der Waals surface area contributed by atoms with Gasteiger partial charge in [-0.05, 0) is 90.2 Å². The zero-order valence-corrected chi connectivity index (χ0v) is 29.4. The highest BCUT2D eigenvalue weighted by atomic mass is 15.0. The number of aryl methyl sites for hydroxylation is 1. The van der Waals surface area contributed by atoms with Gasteiger partial charge in [-0.2, -0.15) is 5.26 Å². The molecule has 0 radical (unpaired) electrons. The first-order valence-corrected chi connectivity index (χ1v) is 18.3. The predicted molar refractivity (Wildman–Crippen MR) is 220 cm³/mol. The molecule has 1 aliphatic carbocycles. The molecule has 2 heterocycles. The molecule has 0 spiro atoms. The number of allylic oxidation sites excluding steroid dienone is 1. The molecule has 250 valence electrons. The van der Waals surface area contributed by atoms with Gasteiger partial charge in [-0.25, -0.2) is 0 Å². The van der Waals surface area contributed by atoms with E-state index in [2.05, 4.69) is 186 Å². The highest BCUT2D eigenvalue weighted by molar-refractivity contribution is 6.14. The van der Waals surface area contributed by atoms with E-state index in [1.807, 2.05) is 12.1 Å². The first-order chi connectivity index (χ1) is 26.2. The minimum atomic E-state index is 0.106.